The molecule has 0 aliphatic heterocycles. The predicted octanol–water partition coefficient (Wildman–Crippen LogP) is 3.66. The zero-order chi connectivity index (χ0) is 17.2. The van der Waals surface area contributed by atoms with Gasteiger partial charge >= 0.3 is 5.97 Å². The minimum absolute atomic E-state index is 0.146. The highest BCUT2D eigenvalue weighted by atomic mass is 32.1. The summed E-state index contributed by atoms with van der Waals surface area (Å²) in [6, 6.07) is 3.97. The van der Waals surface area contributed by atoms with E-state index in [2.05, 4.69) is 4.98 Å². The van der Waals surface area contributed by atoms with Crippen LogP contribution in [0.1, 0.15) is 37.8 Å². The lowest BCUT2D eigenvalue weighted by molar-refractivity contribution is -0.160. The van der Waals surface area contributed by atoms with E-state index in [0.717, 1.165) is 29.1 Å². The molecule has 0 atom stereocenters. The van der Waals surface area contributed by atoms with Crippen molar-refractivity contribution in [1.82, 2.24) is 9.88 Å². The van der Waals surface area contributed by atoms with Gasteiger partial charge in [0.2, 0.25) is 5.91 Å². The molecule has 1 aliphatic rings. The lowest BCUT2D eigenvalue weighted by atomic mass is 9.80. The Balaban J connectivity index is 1.73. The van der Waals surface area contributed by atoms with Crippen molar-refractivity contribution < 1.29 is 14.7 Å². The van der Waals surface area contributed by atoms with Crippen molar-refractivity contribution in [2.45, 2.75) is 44.1 Å². The van der Waals surface area contributed by atoms with E-state index >= 15 is 0 Å². The number of thiophene rings is 1. The van der Waals surface area contributed by atoms with Crippen LogP contribution in [0.15, 0.2) is 22.9 Å². The monoisotopic (exact) mass is 364 g/mol. The van der Waals surface area contributed by atoms with E-state index < -0.39 is 11.5 Å². The third kappa shape index (κ3) is 3.23. The Hall–Kier alpha value is -1.73. The third-order valence-corrected chi connectivity index (χ3v) is 6.64. The number of likely N-dealkylation sites (N-methyl/N-ethyl adjacent to an activating group) is 1. The lowest BCUT2D eigenvalue weighted by Crippen LogP contribution is -2.56. The van der Waals surface area contributed by atoms with Gasteiger partial charge in [0, 0.05) is 12.4 Å². The van der Waals surface area contributed by atoms with Crippen LogP contribution >= 0.6 is 22.7 Å². The van der Waals surface area contributed by atoms with Gasteiger partial charge in [0.05, 0.1) is 17.0 Å². The first-order chi connectivity index (χ1) is 11.5. The number of carbonyl (C=O) groups excluding carboxylic acids is 1. The van der Waals surface area contributed by atoms with Crippen LogP contribution in [0.5, 0.6) is 0 Å². The number of thiazole rings is 1. The second-order valence-electron chi connectivity index (χ2n) is 6.15. The van der Waals surface area contributed by atoms with Gasteiger partial charge in [0.1, 0.15) is 10.5 Å². The number of carboxylic acids is 1. The molecule has 2 aromatic heterocycles. The van der Waals surface area contributed by atoms with Crippen LogP contribution in [0.25, 0.3) is 9.88 Å². The van der Waals surface area contributed by atoms with Crippen molar-refractivity contribution in [2.24, 2.45) is 0 Å². The van der Waals surface area contributed by atoms with E-state index in [4.69, 9.17) is 0 Å². The smallest absolute Gasteiger partial charge is 0.329 e. The summed E-state index contributed by atoms with van der Waals surface area (Å²) in [4.78, 5) is 31.5. The summed E-state index contributed by atoms with van der Waals surface area (Å²) < 4.78 is 0. The Labute approximate surface area is 149 Å². The van der Waals surface area contributed by atoms with Crippen LogP contribution in [0.3, 0.4) is 0 Å². The number of carbonyl (C=O) groups is 2. The fraction of sp³-hybridized carbons (Fsp3) is 0.471. The molecule has 0 unspecified atom stereocenters. The zero-order valence-electron chi connectivity index (χ0n) is 13.5. The summed E-state index contributed by atoms with van der Waals surface area (Å²) in [5.41, 5.74) is -0.348. The second kappa shape index (κ2) is 7.03. The minimum Gasteiger partial charge on any atom is -0.479 e. The van der Waals surface area contributed by atoms with Gasteiger partial charge in [-0.15, -0.1) is 22.7 Å². The van der Waals surface area contributed by atoms with E-state index in [0.29, 0.717) is 18.5 Å². The summed E-state index contributed by atoms with van der Waals surface area (Å²) in [5.74, 6) is -1.07. The highest BCUT2D eigenvalue weighted by Gasteiger charge is 2.45. The van der Waals surface area contributed by atoms with Gasteiger partial charge in [-0.3, -0.25) is 4.79 Å². The largest absolute Gasteiger partial charge is 0.479 e. The van der Waals surface area contributed by atoms with Crippen molar-refractivity contribution in [2.75, 3.05) is 7.05 Å². The van der Waals surface area contributed by atoms with Crippen molar-refractivity contribution in [3.8, 4) is 9.88 Å². The van der Waals surface area contributed by atoms with Crippen LogP contribution in [0, 0.1) is 0 Å². The molecule has 1 fully saturated rings. The third-order valence-electron chi connectivity index (χ3n) is 4.71. The molecular weight excluding hydrogens is 344 g/mol. The van der Waals surface area contributed by atoms with E-state index in [1.807, 2.05) is 22.9 Å². The van der Waals surface area contributed by atoms with E-state index in [-0.39, 0.29) is 12.3 Å². The molecule has 24 heavy (non-hydrogen) atoms. The Morgan fingerprint density at radius 3 is 2.67 bits per heavy atom. The molecule has 0 radical (unpaired) electrons. The van der Waals surface area contributed by atoms with Crippen LogP contribution in [-0.2, 0) is 16.0 Å². The Kier molecular flexibility index (Phi) is 5.01. The molecule has 2 aromatic rings. The number of aromatic nitrogens is 1. The first-order valence-electron chi connectivity index (χ1n) is 8.01. The maximum Gasteiger partial charge on any atom is 0.329 e. The number of nitrogens with zero attached hydrogens (tertiary/aromatic N) is 2. The van der Waals surface area contributed by atoms with Gasteiger partial charge in [-0.05, 0) is 24.3 Å². The average Bonchev–Trinajstić information content (AvgIpc) is 3.25. The van der Waals surface area contributed by atoms with Gasteiger partial charge < -0.3 is 10.0 Å². The molecule has 5 nitrogen and oxygen atoms in total. The highest BCUT2D eigenvalue weighted by molar-refractivity contribution is 7.20. The average molecular weight is 364 g/mol. The second-order valence-corrected chi connectivity index (χ2v) is 7.95. The van der Waals surface area contributed by atoms with Crippen molar-refractivity contribution >= 4 is 34.6 Å². The van der Waals surface area contributed by atoms with Gasteiger partial charge in [-0.25, -0.2) is 9.78 Å². The van der Waals surface area contributed by atoms with Crippen molar-refractivity contribution in [3.63, 3.8) is 0 Å². The quantitative estimate of drug-likeness (QED) is 0.879. The minimum atomic E-state index is -1.05. The van der Waals surface area contributed by atoms with Crippen LogP contribution in [0.4, 0.5) is 0 Å². The lowest BCUT2D eigenvalue weighted by Gasteiger charge is -2.41. The predicted molar refractivity (Wildman–Crippen MR) is 95.4 cm³/mol. The molecule has 0 aromatic carbocycles. The Morgan fingerprint density at radius 1 is 1.29 bits per heavy atom. The summed E-state index contributed by atoms with van der Waals surface area (Å²) in [6.07, 6.45) is 3.94. The summed E-state index contributed by atoms with van der Waals surface area (Å²) >= 11 is 3.13. The topological polar surface area (TPSA) is 70.5 Å². The molecule has 1 saturated carbocycles. The highest BCUT2D eigenvalue weighted by Crippen LogP contribution is 2.34. The molecule has 0 bridgehead atoms. The van der Waals surface area contributed by atoms with Crippen LogP contribution < -0.4 is 0 Å². The Bertz CT molecular complexity index is 718. The summed E-state index contributed by atoms with van der Waals surface area (Å²) in [5, 5.41) is 14.5. The first-order valence-corrected chi connectivity index (χ1v) is 9.77. The molecule has 1 aliphatic carbocycles. The number of rotatable bonds is 5. The van der Waals surface area contributed by atoms with E-state index in [9.17, 15) is 14.7 Å². The van der Waals surface area contributed by atoms with Crippen molar-refractivity contribution in [3.05, 3.63) is 28.6 Å². The molecular formula is C17H20N2O3S2. The number of amides is 1. The summed E-state index contributed by atoms with van der Waals surface area (Å²) in [6.45, 7) is 0. The zero-order valence-corrected chi connectivity index (χ0v) is 15.2. The Morgan fingerprint density at radius 2 is 2.04 bits per heavy atom. The molecule has 1 N–H and O–H groups in total. The number of carboxylic acid groups (broad SMARTS) is 1. The maximum atomic E-state index is 12.6. The molecule has 7 heteroatoms. The number of aliphatic carboxylic acids is 1. The maximum absolute atomic E-state index is 12.6. The first kappa shape index (κ1) is 17.1. The molecule has 128 valence electrons. The van der Waals surface area contributed by atoms with Gasteiger partial charge in [-0.1, -0.05) is 25.3 Å². The number of hydrogen-bond donors (Lipinski definition) is 1. The number of hydrogen-bond acceptors (Lipinski definition) is 5. The normalized spacial score (nSPS) is 16.7. The van der Waals surface area contributed by atoms with Gasteiger partial charge in [0.15, 0.2) is 0 Å². The summed E-state index contributed by atoms with van der Waals surface area (Å²) in [7, 11) is 1.62. The SMILES string of the molecule is CN(C(=O)Cc1csc(-c2cccs2)n1)C1(C(=O)O)CCCCC1. The molecule has 0 saturated heterocycles. The molecule has 2 heterocycles. The van der Waals surface area contributed by atoms with Gasteiger partial charge in [-0.2, -0.15) is 0 Å². The van der Waals surface area contributed by atoms with Gasteiger partial charge in [0.25, 0.3) is 0 Å². The molecule has 0 spiro atoms. The molecule has 1 amide bonds. The fourth-order valence-electron chi connectivity index (χ4n) is 3.24. The van der Waals surface area contributed by atoms with E-state index in [1.54, 1.807) is 18.4 Å². The van der Waals surface area contributed by atoms with Crippen LogP contribution in [0.2, 0.25) is 0 Å². The fourth-order valence-corrected chi connectivity index (χ4v) is 4.88. The van der Waals surface area contributed by atoms with E-state index in [1.165, 1.54) is 16.2 Å². The molecule has 3 rings (SSSR count). The van der Waals surface area contributed by atoms with Crippen molar-refractivity contribution in [1.29, 1.82) is 0 Å². The standard InChI is InChI=1S/C17H20N2O3S2/c1-19(17(16(21)22)7-3-2-4-8-17)14(20)10-12-11-24-15(18-12)13-6-5-9-23-13/h5-6,9,11H,2-4,7-8,10H2,1H3,(H,21,22). The van der Waals surface area contributed by atoms with Crippen LogP contribution in [-0.4, -0.2) is 39.5 Å².